The number of ether oxygens (including phenoxy) is 3. The van der Waals surface area contributed by atoms with Gasteiger partial charge in [0, 0.05) is 31.2 Å². The second-order valence-electron chi connectivity index (χ2n) is 8.78. The third-order valence-electron chi connectivity index (χ3n) is 6.74. The van der Waals surface area contributed by atoms with Crippen molar-refractivity contribution in [3.05, 3.63) is 47.0 Å². The fourth-order valence-electron chi connectivity index (χ4n) is 4.81. The number of rotatable bonds is 6. The normalized spacial score (nSPS) is 18.8. The van der Waals surface area contributed by atoms with E-state index < -0.39 is 10.0 Å². The van der Waals surface area contributed by atoms with Crippen molar-refractivity contribution >= 4 is 15.9 Å². The molecule has 0 radical (unpaired) electrons. The number of methoxy groups -OCH3 is 3. The van der Waals surface area contributed by atoms with Gasteiger partial charge in [-0.3, -0.25) is 4.79 Å². The molecule has 2 heterocycles. The number of carbonyl (C=O) groups is 1. The average molecular weight is 489 g/mol. The molecular formula is C25H32N2O6S. The van der Waals surface area contributed by atoms with Crippen LogP contribution in [0.1, 0.15) is 47.7 Å². The van der Waals surface area contributed by atoms with Crippen LogP contribution in [0.4, 0.5) is 0 Å². The van der Waals surface area contributed by atoms with Gasteiger partial charge in [0.2, 0.25) is 10.0 Å². The van der Waals surface area contributed by atoms with Crippen LogP contribution < -0.4 is 14.2 Å². The van der Waals surface area contributed by atoms with E-state index in [1.165, 1.54) is 17.5 Å². The zero-order valence-electron chi connectivity index (χ0n) is 20.2. The lowest BCUT2D eigenvalue weighted by atomic mass is 9.98. The number of hydrogen-bond acceptors (Lipinski definition) is 6. The molecule has 0 spiro atoms. The highest BCUT2D eigenvalue weighted by Crippen LogP contribution is 2.35. The fraction of sp³-hybridized carbons (Fsp3) is 0.480. The van der Waals surface area contributed by atoms with E-state index in [2.05, 4.69) is 0 Å². The lowest BCUT2D eigenvalue weighted by molar-refractivity contribution is 0.0734. The minimum absolute atomic E-state index is 0.0402. The highest BCUT2D eigenvalue weighted by atomic mass is 32.2. The predicted octanol–water partition coefficient (Wildman–Crippen LogP) is 3.47. The molecule has 184 valence electrons. The molecule has 2 aromatic carbocycles. The zero-order valence-corrected chi connectivity index (χ0v) is 21.0. The first-order chi connectivity index (χ1) is 16.3. The molecule has 0 bridgehead atoms. The maximum Gasteiger partial charge on any atom is 0.254 e. The second kappa shape index (κ2) is 9.84. The summed E-state index contributed by atoms with van der Waals surface area (Å²) in [5.74, 6) is 1.31. The number of fused-ring (bicyclic) bond motifs is 1. The quantitative estimate of drug-likeness (QED) is 0.619. The minimum Gasteiger partial charge on any atom is -0.495 e. The second-order valence-corrected chi connectivity index (χ2v) is 10.6. The van der Waals surface area contributed by atoms with Crippen LogP contribution in [0.25, 0.3) is 0 Å². The summed E-state index contributed by atoms with van der Waals surface area (Å²) in [6.07, 6.45) is 3.33. The van der Waals surface area contributed by atoms with E-state index in [0.29, 0.717) is 43.1 Å². The number of amides is 1. The molecule has 34 heavy (non-hydrogen) atoms. The van der Waals surface area contributed by atoms with Gasteiger partial charge in [-0.05, 0) is 67.6 Å². The molecule has 8 nitrogen and oxygen atoms in total. The van der Waals surface area contributed by atoms with Gasteiger partial charge in [-0.15, -0.1) is 0 Å². The summed E-state index contributed by atoms with van der Waals surface area (Å²) in [4.78, 5) is 15.2. The molecule has 1 fully saturated rings. The molecule has 1 amide bonds. The summed E-state index contributed by atoms with van der Waals surface area (Å²) >= 11 is 0. The van der Waals surface area contributed by atoms with Crippen LogP contribution in [-0.4, -0.2) is 64.0 Å². The van der Waals surface area contributed by atoms with Crippen molar-refractivity contribution in [3.8, 4) is 17.2 Å². The van der Waals surface area contributed by atoms with Gasteiger partial charge in [0.05, 0.1) is 21.3 Å². The largest absolute Gasteiger partial charge is 0.495 e. The SMILES string of the molecule is COc1cc2c(cc1OC)CN(C(=O)c1ccc(OC)c(S(=O)(=O)N3CCCCC3C)c1)CC2. The Kier molecular flexibility index (Phi) is 7.04. The van der Waals surface area contributed by atoms with Gasteiger partial charge in [0.15, 0.2) is 11.5 Å². The van der Waals surface area contributed by atoms with E-state index in [4.69, 9.17) is 14.2 Å². The van der Waals surface area contributed by atoms with Crippen molar-refractivity contribution in [2.75, 3.05) is 34.4 Å². The van der Waals surface area contributed by atoms with Gasteiger partial charge in [0.1, 0.15) is 10.6 Å². The molecule has 2 aliphatic rings. The lowest BCUT2D eigenvalue weighted by Crippen LogP contribution is -2.42. The first-order valence-electron chi connectivity index (χ1n) is 11.5. The first-order valence-corrected chi connectivity index (χ1v) is 13.0. The monoisotopic (exact) mass is 488 g/mol. The van der Waals surface area contributed by atoms with Gasteiger partial charge in [-0.2, -0.15) is 4.31 Å². The summed E-state index contributed by atoms with van der Waals surface area (Å²) in [6.45, 7) is 3.33. The molecule has 1 saturated heterocycles. The number of sulfonamides is 1. The van der Waals surface area contributed by atoms with Crippen molar-refractivity contribution in [3.63, 3.8) is 0 Å². The maximum absolute atomic E-state index is 13.5. The Labute approximate surface area is 201 Å². The molecule has 2 aliphatic heterocycles. The minimum atomic E-state index is -3.80. The molecule has 1 atom stereocenters. The predicted molar refractivity (Wildman–Crippen MR) is 128 cm³/mol. The number of benzene rings is 2. The molecular weight excluding hydrogens is 456 g/mol. The molecule has 1 unspecified atom stereocenters. The van der Waals surface area contributed by atoms with Crippen molar-refractivity contribution in [2.45, 2.75) is 50.1 Å². The van der Waals surface area contributed by atoms with Gasteiger partial charge in [-0.1, -0.05) is 6.42 Å². The standard InChI is InChI=1S/C25H32N2O6S/c1-17-7-5-6-11-27(17)34(29,30)24-15-19(8-9-21(24)31-2)25(28)26-12-10-18-13-22(32-3)23(33-4)14-20(18)16-26/h8-9,13-15,17H,5-7,10-12,16H2,1-4H3. The molecule has 2 aromatic rings. The molecule has 4 rings (SSSR count). The Hall–Kier alpha value is -2.78. The highest BCUT2D eigenvalue weighted by Gasteiger charge is 2.34. The van der Waals surface area contributed by atoms with Crippen LogP contribution in [0.5, 0.6) is 17.2 Å². The number of carbonyl (C=O) groups excluding carboxylic acids is 1. The number of nitrogens with zero attached hydrogens (tertiary/aromatic N) is 2. The summed E-state index contributed by atoms with van der Waals surface area (Å²) in [5, 5.41) is 0. The van der Waals surface area contributed by atoms with E-state index in [-0.39, 0.29) is 22.6 Å². The van der Waals surface area contributed by atoms with Gasteiger partial charge in [0.25, 0.3) is 5.91 Å². The van der Waals surface area contributed by atoms with Crippen molar-refractivity contribution in [2.24, 2.45) is 0 Å². The lowest BCUT2D eigenvalue weighted by Gasteiger charge is -2.33. The Morgan fingerprint density at radius 2 is 1.59 bits per heavy atom. The Morgan fingerprint density at radius 1 is 0.912 bits per heavy atom. The van der Waals surface area contributed by atoms with Crippen LogP contribution in [0.15, 0.2) is 35.2 Å². The fourth-order valence-corrected chi connectivity index (χ4v) is 6.69. The average Bonchev–Trinajstić information content (AvgIpc) is 2.86. The van der Waals surface area contributed by atoms with Crippen LogP contribution in [0, 0.1) is 0 Å². The number of piperidine rings is 1. The van der Waals surface area contributed by atoms with E-state index >= 15 is 0 Å². The van der Waals surface area contributed by atoms with Gasteiger partial charge in [-0.25, -0.2) is 8.42 Å². The maximum atomic E-state index is 13.5. The topological polar surface area (TPSA) is 85.4 Å². The third-order valence-corrected chi connectivity index (χ3v) is 8.78. The van der Waals surface area contributed by atoms with Crippen LogP contribution >= 0.6 is 0 Å². The summed E-state index contributed by atoms with van der Waals surface area (Å²) in [5.41, 5.74) is 2.42. The van der Waals surface area contributed by atoms with E-state index in [1.54, 1.807) is 31.3 Å². The Bertz CT molecular complexity index is 1180. The molecule has 9 heteroatoms. The van der Waals surface area contributed by atoms with E-state index in [1.807, 2.05) is 19.1 Å². The smallest absolute Gasteiger partial charge is 0.254 e. The highest BCUT2D eigenvalue weighted by molar-refractivity contribution is 7.89. The van der Waals surface area contributed by atoms with E-state index in [0.717, 1.165) is 30.4 Å². The molecule has 0 N–H and O–H groups in total. The van der Waals surface area contributed by atoms with Crippen molar-refractivity contribution in [1.29, 1.82) is 0 Å². The van der Waals surface area contributed by atoms with Gasteiger partial charge < -0.3 is 19.1 Å². The van der Waals surface area contributed by atoms with E-state index in [9.17, 15) is 13.2 Å². The zero-order chi connectivity index (χ0) is 24.5. The van der Waals surface area contributed by atoms with Crippen LogP contribution in [-0.2, 0) is 23.0 Å². The van der Waals surface area contributed by atoms with Crippen molar-refractivity contribution in [1.82, 2.24) is 9.21 Å². The van der Waals surface area contributed by atoms with Crippen LogP contribution in [0.2, 0.25) is 0 Å². The number of hydrogen-bond donors (Lipinski definition) is 0. The molecule has 0 aliphatic carbocycles. The first kappa shape index (κ1) is 24.3. The van der Waals surface area contributed by atoms with Crippen LogP contribution in [0.3, 0.4) is 0 Å². The van der Waals surface area contributed by atoms with Crippen molar-refractivity contribution < 1.29 is 27.4 Å². The Balaban J connectivity index is 1.64. The summed E-state index contributed by atoms with van der Waals surface area (Å²) in [7, 11) is 0.826. The summed E-state index contributed by atoms with van der Waals surface area (Å²) in [6, 6.07) is 8.42. The molecule has 0 aromatic heterocycles. The molecule has 0 saturated carbocycles. The Morgan fingerprint density at radius 3 is 2.24 bits per heavy atom. The van der Waals surface area contributed by atoms with Gasteiger partial charge >= 0.3 is 0 Å². The third kappa shape index (κ3) is 4.46. The summed E-state index contributed by atoms with van der Waals surface area (Å²) < 4.78 is 44.7.